The molecule has 2 atom stereocenters. The second-order valence-corrected chi connectivity index (χ2v) is 6.34. The van der Waals surface area contributed by atoms with Gasteiger partial charge in [-0.3, -0.25) is 0 Å². The highest BCUT2D eigenvalue weighted by atomic mass is 32.2. The molecule has 0 amide bonds. The van der Waals surface area contributed by atoms with E-state index in [2.05, 4.69) is 4.72 Å². The molecule has 1 aromatic rings. The minimum Gasteiger partial charge on any atom is -0.393 e. The lowest BCUT2D eigenvalue weighted by molar-refractivity contribution is 0.117. The molecular formula is C12H15F2NO3S. The van der Waals surface area contributed by atoms with Gasteiger partial charge in [0.05, 0.1) is 6.10 Å². The van der Waals surface area contributed by atoms with Crippen molar-refractivity contribution in [3.63, 3.8) is 0 Å². The summed E-state index contributed by atoms with van der Waals surface area (Å²) >= 11 is 0. The molecule has 0 aromatic heterocycles. The smallest absolute Gasteiger partial charge is 0.246 e. The topological polar surface area (TPSA) is 66.4 Å². The van der Waals surface area contributed by atoms with E-state index >= 15 is 0 Å². The zero-order valence-electron chi connectivity index (χ0n) is 10.1. The molecule has 1 aromatic carbocycles. The molecule has 0 spiro atoms. The fraction of sp³-hybridized carbons (Fsp3) is 0.500. The average Bonchev–Trinajstić information content (AvgIpc) is 2.27. The Morgan fingerprint density at radius 2 is 1.84 bits per heavy atom. The standard InChI is InChI=1S/C12H15F2NO3S/c13-10-5-2-6-11(14)12(10)19(17,18)15-8-3-1-4-9(16)7-8/h2,5-6,8-9,15-16H,1,3-4,7H2/t8-,9-/m0/s1. The van der Waals surface area contributed by atoms with Crippen LogP contribution in [-0.4, -0.2) is 25.7 Å². The molecule has 7 heteroatoms. The second kappa shape index (κ2) is 5.52. The van der Waals surface area contributed by atoms with Crippen molar-refractivity contribution in [2.75, 3.05) is 0 Å². The maximum Gasteiger partial charge on any atom is 0.246 e. The van der Waals surface area contributed by atoms with Crippen molar-refractivity contribution >= 4 is 10.0 Å². The van der Waals surface area contributed by atoms with Crippen LogP contribution in [0, 0.1) is 11.6 Å². The molecule has 2 rings (SSSR count). The van der Waals surface area contributed by atoms with Crippen LogP contribution in [0.5, 0.6) is 0 Å². The van der Waals surface area contributed by atoms with Gasteiger partial charge in [-0.2, -0.15) is 0 Å². The van der Waals surface area contributed by atoms with Gasteiger partial charge in [0.1, 0.15) is 11.6 Å². The fourth-order valence-electron chi connectivity index (χ4n) is 2.29. The zero-order chi connectivity index (χ0) is 14.0. The van der Waals surface area contributed by atoms with Crippen LogP contribution in [0.1, 0.15) is 25.7 Å². The molecule has 19 heavy (non-hydrogen) atoms. The minimum absolute atomic E-state index is 0.259. The third-order valence-corrected chi connectivity index (χ3v) is 4.73. The maximum atomic E-state index is 13.5. The molecule has 0 radical (unpaired) electrons. The summed E-state index contributed by atoms with van der Waals surface area (Å²) in [6.45, 7) is 0. The van der Waals surface area contributed by atoms with Crippen LogP contribution in [0.3, 0.4) is 0 Å². The van der Waals surface area contributed by atoms with Gasteiger partial charge in [-0.1, -0.05) is 6.07 Å². The first-order valence-electron chi connectivity index (χ1n) is 6.04. The van der Waals surface area contributed by atoms with Gasteiger partial charge in [0, 0.05) is 6.04 Å². The number of halogens is 2. The van der Waals surface area contributed by atoms with Crippen LogP contribution in [0.15, 0.2) is 23.1 Å². The van der Waals surface area contributed by atoms with Crippen LogP contribution in [-0.2, 0) is 10.0 Å². The number of aliphatic hydroxyl groups excluding tert-OH is 1. The number of hydrogen-bond donors (Lipinski definition) is 2. The molecule has 0 aliphatic heterocycles. The van der Waals surface area contributed by atoms with E-state index in [1.807, 2.05) is 0 Å². The average molecular weight is 291 g/mol. The lowest BCUT2D eigenvalue weighted by Crippen LogP contribution is -2.40. The van der Waals surface area contributed by atoms with Crippen molar-refractivity contribution in [2.24, 2.45) is 0 Å². The number of benzene rings is 1. The molecule has 106 valence electrons. The van der Waals surface area contributed by atoms with E-state index in [1.54, 1.807) is 0 Å². The van der Waals surface area contributed by atoms with Gasteiger partial charge in [-0.25, -0.2) is 21.9 Å². The monoisotopic (exact) mass is 291 g/mol. The Balaban J connectivity index is 2.23. The molecule has 1 aliphatic rings. The molecule has 4 nitrogen and oxygen atoms in total. The summed E-state index contributed by atoms with van der Waals surface area (Å²) in [5.41, 5.74) is 0. The van der Waals surface area contributed by atoms with E-state index < -0.39 is 38.7 Å². The van der Waals surface area contributed by atoms with E-state index in [4.69, 9.17) is 0 Å². The van der Waals surface area contributed by atoms with Gasteiger partial charge in [0.15, 0.2) is 4.90 Å². The summed E-state index contributed by atoms with van der Waals surface area (Å²) in [7, 11) is -4.26. The third kappa shape index (κ3) is 3.29. The van der Waals surface area contributed by atoms with E-state index in [1.165, 1.54) is 0 Å². The third-order valence-electron chi connectivity index (χ3n) is 3.16. The highest BCUT2D eigenvalue weighted by Gasteiger charge is 2.29. The summed E-state index contributed by atoms with van der Waals surface area (Å²) in [6, 6.07) is 2.40. The summed E-state index contributed by atoms with van der Waals surface area (Å²) in [4.78, 5) is -0.963. The lowest BCUT2D eigenvalue weighted by Gasteiger charge is -2.26. The molecule has 1 saturated carbocycles. The van der Waals surface area contributed by atoms with Gasteiger partial charge in [0.2, 0.25) is 10.0 Å². The Hall–Kier alpha value is -1.05. The van der Waals surface area contributed by atoms with Gasteiger partial charge in [0.25, 0.3) is 0 Å². The molecule has 1 fully saturated rings. The lowest BCUT2D eigenvalue weighted by atomic mass is 9.94. The molecule has 1 aliphatic carbocycles. The maximum absolute atomic E-state index is 13.5. The first-order chi connectivity index (χ1) is 8.90. The van der Waals surface area contributed by atoms with Crippen molar-refractivity contribution in [3.05, 3.63) is 29.8 Å². The number of nitrogens with one attached hydrogen (secondary N) is 1. The normalized spacial score (nSPS) is 24.4. The Morgan fingerprint density at radius 3 is 2.42 bits per heavy atom. The van der Waals surface area contributed by atoms with Gasteiger partial charge < -0.3 is 5.11 Å². The van der Waals surface area contributed by atoms with Gasteiger partial charge in [-0.15, -0.1) is 0 Å². The highest BCUT2D eigenvalue weighted by molar-refractivity contribution is 7.89. The largest absolute Gasteiger partial charge is 0.393 e. The van der Waals surface area contributed by atoms with Crippen molar-refractivity contribution in [1.82, 2.24) is 4.72 Å². The number of sulfonamides is 1. The number of hydrogen-bond acceptors (Lipinski definition) is 3. The van der Waals surface area contributed by atoms with Crippen molar-refractivity contribution in [3.8, 4) is 0 Å². The van der Waals surface area contributed by atoms with Crippen molar-refractivity contribution < 1.29 is 22.3 Å². The summed E-state index contributed by atoms with van der Waals surface area (Å²) in [6.07, 6.45) is 1.52. The summed E-state index contributed by atoms with van der Waals surface area (Å²) in [5, 5.41) is 9.47. The summed E-state index contributed by atoms with van der Waals surface area (Å²) in [5.74, 6) is -2.24. The first kappa shape index (κ1) is 14.4. The molecule has 2 N–H and O–H groups in total. The van der Waals surface area contributed by atoms with E-state index in [0.717, 1.165) is 18.2 Å². The Morgan fingerprint density at radius 1 is 1.21 bits per heavy atom. The Labute approximate surface area is 110 Å². The van der Waals surface area contributed by atoms with E-state index in [9.17, 15) is 22.3 Å². The number of aliphatic hydroxyl groups is 1. The fourth-order valence-corrected chi connectivity index (χ4v) is 3.71. The predicted molar refractivity (Wildman–Crippen MR) is 64.9 cm³/mol. The minimum atomic E-state index is -4.26. The van der Waals surface area contributed by atoms with Crippen LogP contribution in [0.2, 0.25) is 0 Å². The van der Waals surface area contributed by atoms with Crippen LogP contribution >= 0.6 is 0 Å². The molecule has 0 heterocycles. The Bertz CT molecular complexity index is 542. The Kier molecular flexibility index (Phi) is 4.17. The highest BCUT2D eigenvalue weighted by Crippen LogP contribution is 2.23. The first-order valence-corrected chi connectivity index (χ1v) is 7.53. The van der Waals surface area contributed by atoms with Crippen molar-refractivity contribution in [2.45, 2.75) is 42.7 Å². The van der Waals surface area contributed by atoms with E-state index in [0.29, 0.717) is 19.3 Å². The van der Waals surface area contributed by atoms with Crippen LogP contribution in [0.4, 0.5) is 8.78 Å². The number of rotatable bonds is 3. The molecule has 0 unspecified atom stereocenters. The zero-order valence-corrected chi connectivity index (χ0v) is 11.0. The predicted octanol–water partition coefficient (Wildman–Crippen LogP) is 1.55. The molecule has 0 saturated heterocycles. The SMILES string of the molecule is O=S(=O)(N[C@H]1CCC[C@H](O)C1)c1c(F)cccc1F. The summed E-state index contributed by atoms with van der Waals surface area (Å²) < 4.78 is 53.1. The van der Waals surface area contributed by atoms with Crippen LogP contribution in [0.25, 0.3) is 0 Å². The molecule has 0 bridgehead atoms. The van der Waals surface area contributed by atoms with E-state index in [-0.39, 0.29) is 6.42 Å². The van der Waals surface area contributed by atoms with Crippen molar-refractivity contribution in [1.29, 1.82) is 0 Å². The second-order valence-electron chi connectivity index (χ2n) is 4.69. The quantitative estimate of drug-likeness (QED) is 0.888. The van der Waals surface area contributed by atoms with Gasteiger partial charge in [-0.05, 0) is 37.8 Å². The van der Waals surface area contributed by atoms with Gasteiger partial charge >= 0.3 is 0 Å². The van der Waals surface area contributed by atoms with Crippen LogP contribution < -0.4 is 4.72 Å². The molecular weight excluding hydrogens is 276 g/mol.